The molecule has 0 saturated heterocycles. The van der Waals surface area contributed by atoms with Gasteiger partial charge in [-0.25, -0.2) is 8.78 Å². The van der Waals surface area contributed by atoms with Crippen LogP contribution in [0, 0.1) is 11.6 Å². The van der Waals surface area contributed by atoms with E-state index in [-0.39, 0.29) is 11.6 Å². The second-order valence-electron chi connectivity index (χ2n) is 3.73. The number of hydrogen-bond donors (Lipinski definition) is 1. The van der Waals surface area contributed by atoms with Gasteiger partial charge in [0.1, 0.15) is 11.6 Å². The lowest BCUT2D eigenvalue weighted by Gasteiger charge is -2.08. The molecule has 0 bridgehead atoms. The Labute approximate surface area is 120 Å². The molecule has 1 N–H and O–H groups in total. The number of anilines is 1. The SMILES string of the molecule is Fc1ccc(CNc2cc(Br)ccc2F)cc1Br. The topological polar surface area (TPSA) is 12.0 Å². The molecule has 94 valence electrons. The van der Waals surface area contributed by atoms with Gasteiger partial charge in [0.2, 0.25) is 0 Å². The van der Waals surface area contributed by atoms with Gasteiger partial charge in [0, 0.05) is 11.0 Å². The average molecular weight is 377 g/mol. The Balaban J connectivity index is 2.11. The van der Waals surface area contributed by atoms with Crippen LogP contribution in [0.15, 0.2) is 45.3 Å². The van der Waals surface area contributed by atoms with E-state index >= 15 is 0 Å². The molecular formula is C13H9Br2F2N. The van der Waals surface area contributed by atoms with Crippen molar-refractivity contribution in [2.75, 3.05) is 5.32 Å². The first-order valence-electron chi connectivity index (χ1n) is 5.19. The van der Waals surface area contributed by atoms with Gasteiger partial charge in [0.15, 0.2) is 0 Å². The number of hydrogen-bond acceptors (Lipinski definition) is 1. The van der Waals surface area contributed by atoms with Crippen molar-refractivity contribution in [1.82, 2.24) is 0 Å². The lowest BCUT2D eigenvalue weighted by molar-refractivity contribution is 0.620. The number of nitrogens with one attached hydrogen (secondary N) is 1. The molecule has 0 amide bonds. The maximum absolute atomic E-state index is 13.5. The molecule has 0 aliphatic carbocycles. The largest absolute Gasteiger partial charge is 0.379 e. The Morgan fingerprint density at radius 1 is 0.944 bits per heavy atom. The summed E-state index contributed by atoms with van der Waals surface area (Å²) < 4.78 is 27.7. The molecule has 18 heavy (non-hydrogen) atoms. The van der Waals surface area contributed by atoms with Gasteiger partial charge in [-0.05, 0) is 51.8 Å². The normalized spacial score (nSPS) is 10.4. The van der Waals surface area contributed by atoms with Gasteiger partial charge in [-0.1, -0.05) is 22.0 Å². The molecule has 0 heterocycles. The molecule has 0 spiro atoms. The van der Waals surface area contributed by atoms with Crippen molar-refractivity contribution in [2.45, 2.75) is 6.54 Å². The molecule has 0 unspecified atom stereocenters. The van der Waals surface area contributed by atoms with E-state index in [9.17, 15) is 8.78 Å². The Morgan fingerprint density at radius 2 is 1.67 bits per heavy atom. The summed E-state index contributed by atoms with van der Waals surface area (Å²) in [6.07, 6.45) is 0. The molecule has 2 aromatic rings. The minimum Gasteiger partial charge on any atom is -0.379 e. The van der Waals surface area contributed by atoms with Gasteiger partial charge in [0.05, 0.1) is 10.2 Å². The minimum absolute atomic E-state index is 0.313. The molecule has 2 aromatic carbocycles. The number of benzene rings is 2. The summed E-state index contributed by atoms with van der Waals surface area (Å²) in [5, 5.41) is 2.97. The maximum Gasteiger partial charge on any atom is 0.146 e. The first-order chi connectivity index (χ1) is 8.56. The van der Waals surface area contributed by atoms with Crippen LogP contribution in [-0.4, -0.2) is 0 Å². The van der Waals surface area contributed by atoms with Crippen LogP contribution >= 0.6 is 31.9 Å². The predicted octanol–water partition coefficient (Wildman–Crippen LogP) is 5.10. The van der Waals surface area contributed by atoms with Gasteiger partial charge in [-0.3, -0.25) is 0 Å². The van der Waals surface area contributed by atoms with E-state index in [4.69, 9.17) is 0 Å². The molecule has 0 aromatic heterocycles. The van der Waals surface area contributed by atoms with Crippen molar-refractivity contribution in [1.29, 1.82) is 0 Å². The van der Waals surface area contributed by atoms with E-state index in [1.54, 1.807) is 24.3 Å². The standard InChI is InChI=1S/C13H9Br2F2N/c14-9-2-4-12(17)13(6-9)18-7-8-1-3-11(16)10(15)5-8/h1-6,18H,7H2. The van der Waals surface area contributed by atoms with Crippen LogP contribution in [0.2, 0.25) is 0 Å². The first kappa shape index (κ1) is 13.5. The summed E-state index contributed by atoms with van der Waals surface area (Å²) in [6, 6.07) is 9.37. The van der Waals surface area contributed by atoms with Crippen molar-refractivity contribution < 1.29 is 8.78 Å². The quantitative estimate of drug-likeness (QED) is 0.785. The fourth-order valence-corrected chi connectivity index (χ4v) is 2.27. The molecule has 1 nitrogen and oxygen atoms in total. The van der Waals surface area contributed by atoms with E-state index in [0.717, 1.165) is 10.0 Å². The summed E-state index contributed by atoms with van der Waals surface area (Å²) in [7, 11) is 0. The summed E-state index contributed by atoms with van der Waals surface area (Å²) >= 11 is 6.39. The number of halogens is 4. The highest BCUT2D eigenvalue weighted by Crippen LogP contribution is 2.22. The third-order valence-corrected chi connectivity index (χ3v) is 3.50. The maximum atomic E-state index is 13.5. The van der Waals surface area contributed by atoms with Crippen molar-refractivity contribution >= 4 is 37.5 Å². The molecule has 0 aliphatic heterocycles. The fourth-order valence-electron chi connectivity index (χ4n) is 1.48. The summed E-state index contributed by atoms with van der Waals surface area (Å²) in [5.74, 6) is -0.633. The Kier molecular flexibility index (Phi) is 4.35. The van der Waals surface area contributed by atoms with Gasteiger partial charge >= 0.3 is 0 Å². The van der Waals surface area contributed by atoms with Gasteiger partial charge in [-0.15, -0.1) is 0 Å². The molecule has 5 heteroatoms. The highest BCUT2D eigenvalue weighted by Gasteiger charge is 2.04. The predicted molar refractivity (Wildman–Crippen MR) is 75.5 cm³/mol. The third kappa shape index (κ3) is 3.29. The van der Waals surface area contributed by atoms with Crippen molar-refractivity contribution in [3.63, 3.8) is 0 Å². The lowest BCUT2D eigenvalue weighted by Crippen LogP contribution is -2.01. The van der Waals surface area contributed by atoms with Crippen LogP contribution in [0.1, 0.15) is 5.56 Å². The Hall–Kier alpha value is -0.940. The molecule has 0 atom stereocenters. The zero-order valence-electron chi connectivity index (χ0n) is 9.18. The molecule has 0 fully saturated rings. The molecule has 0 aliphatic rings. The molecule has 2 rings (SSSR count). The van der Waals surface area contributed by atoms with Gasteiger partial charge < -0.3 is 5.32 Å². The van der Waals surface area contributed by atoms with Crippen LogP contribution < -0.4 is 5.32 Å². The summed E-state index contributed by atoms with van der Waals surface area (Å²) in [4.78, 5) is 0. The minimum atomic E-state index is -0.320. The zero-order chi connectivity index (χ0) is 13.1. The van der Waals surface area contributed by atoms with E-state index in [1.165, 1.54) is 12.1 Å². The average Bonchev–Trinajstić information content (AvgIpc) is 2.34. The lowest BCUT2D eigenvalue weighted by atomic mass is 10.2. The van der Waals surface area contributed by atoms with E-state index in [1.807, 2.05) is 0 Å². The van der Waals surface area contributed by atoms with Crippen LogP contribution in [-0.2, 0) is 6.54 Å². The molecular weight excluding hydrogens is 368 g/mol. The zero-order valence-corrected chi connectivity index (χ0v) is 12.4. The first-order valence-corrected chi connectivity index (χ1v) is 6.78. The van der Waals surface area contributed by atoms with Crippen LogP contribution in [0.3, 0.4) is 0 Å². The van der Waals surface area contributed by atoms with Crippen LogP contribution in [0.5, 0.6) is 0 Å². The highest BCUT2D eigenvalue weighted by molar-refractivity contribution is 9.10. The van der Waals surface area contributed by atoms with Gasteiger partial charge in [-0.2, -0.15) is 0 Å². The van der Waals surface area contributed by atoms with Crippen molar-refractivity contribution in [3.05, 3.63) is 62.5 Å². The van der Waals surface area contributed by atoms with Crippen molar-refractivity contribution in [2.24, 2.45) is 0 Å². The highest BCUT2D eigenvalue weighted by atomic mass is 79.9. The smallest absolute Gasteiger partial charge is 0.146 e. The summed E-state index contributed by atoms with van der Waals surface area (Å²) in [6.45, 7) is 0.423. The Bertz CT molecular complexity index is 573. The van der Waals surface area contributed by atoms with E-state index < -0.39 is 0 Å². The van der Waals surface area contributed by atoms with E-state index in [2.05, 4.69) is 37.2 Å². The monoisotopic (exact) mass is 375 g/mol. The molecule has 0 saturated carbocycles. The second kappa shape index (κ2) is 5.80. The second-order valence-corrected chi connectivity index (χ2v) is 5.50. The van der Waals surface area contributed by atoms with Crippen molar-refractivity contribution in [3.8, 4) is 0 Å². The van der Waals surface area contributed by atoms with Crippen LogP contribution in [0.4, 0.5) is 14.5 Å². The third-order valence-electron chi connectivity index (χ3n) is 2.40. The fraction of sp³-hybridized carbons (Fsp3) is 0.0769. The van der Waals surface area contributed by atoms with E-state index in [0.29, 0.717) is 16.7 Å². The summed E-state index contributed by atoms with van der Waals surface area (Å²) in [5.41, 5.74) is 1.27. The molecule has 0 radical (unpaired) electrons. The number of rotatable bonds is 3. The van der Waals surface area contributed by atoms with Crippen LogP contribution in [0.25, 0.3) is 0 Å². The van der Waals surface area contributed by atoms with Gasteiger partial charge in [0.25, 0.3) is 0 Å². The Morgan fingerprint density at radius 3 is 2.39 bits per heavy atom.